The van der Waals surface area contributed by atoms with E-state index in [1.54, 1.807) is 12.3 Å². The van der Waals surface area contributed by atoms with Crippen LogP contribution in [0.15, 0.2) is 96.7 Å². The van der Waals surface area contributed by atoms with Crippen LogP contribution >= 0.6 is 11.6 Å². The van der Waals surface area contributed by atoms with Crippen LogP contribution in [-0.2, 0) is 24.4 Å². The molecule has 0 saturated carbocycles. The maximum Gasteiger partial charge on any atom is 0.263 e. The Morgan fingerprint density at radius 1 is 0.900 bits per heavy atom. The van der Waals surface area contributed by atoms with E-state index < -0.39 is 5.91 Å². The molecular weight excluding hydrogens is 394 g/mol. The summed E-state index contributed by atoms with van der Waals surface area (Å²) in [5.74, 6) is -0.427. The third kappa shape index (κ3) is 6.23. The van der Waals surface area contributed by atoms with Gasteiger partial charge in [-0.1, -0.05) is 90.5 Å². The van der Waals surface area contributed by atoms with Gasteiger partial charge in [0.05, 0.1) is 0 Å². The molecule has 0 aromatic heterocycles. The topological polar surface area (TPSA) is 56.1 Å². The van der Waals surface area contributed by atoms with E-state index >= 15 is 0 Å². The molecule has 1 amide bonds. The van der Waals surface area contributed by atoms with Gasteiger partial charge in [-0.25, -0.2) is 0 Å². The standard InChI is InChI=1S/C25H22ClN3O/c26-24-14-8-7-13-22(24)16-28-25(30)23(15-27)19-29(17-20-9-3-1-4-10-20)18-21-11-5-2-6-12-21/h1-14,19H,16-18H2,(H,28,30)/b23-19-. The molecule has 3 aromatic rings. The average molecular weight is 416 g/mol. The number of hydrogen-bond donors (Lipinski definition) is 1. The molecule has 0 aliphatic heterocycles. The second-order valence-corrected chi connectivity index (χ2v) is 7.21. The first-order valence-electron chi connectivity index (χ1n) is 9.61. The van der Waals surface area contributed by atoms with Crippen LogP contribution in [0, 0.1) is 11.3 Å². The molecular formula is C25H22ClN3O. The normalized spacial score (nSPS) is 10.9. The zero-order valence-corrected chi connectivity index (χ0v) is 17.2. The first kappa shape index (κ1) is 21.2. The van der Waals surface area contributed by atoms with Gasteiger partial charge in [-0.05, 0) is 22.8 Å². The van der Waals surface area contributed by atoms with Crippen molar-refractivity contribution in [2.45, 2.75) is 19.6 Å². The van der Waals surface area contributed by atoms with Gasteiger partial charge in [-0.3, -0.25) is 4.79 Å². The summed E-state index contributed by atoms with van der Waals surface area (Å²) in [6, 6.07) is 29.2. The van der Waals surface area contributed by atoms with E-state index in [1.807, 2.05) is 89.8 Å². The van der Waals surface area contributed by atoms with E-state index in [0.717, 1.165) is 16.7 Å². The zero-order chi connectivity index (χ0) is 21.2. The number of nitrogens with one attached hydrogen (secondary N) is 1. The molecule has 5 heteroatoms. The number of nitrogens with zero attached hydrogens (tertiary/aromatic N) is 2. The summed E-state index contributed by atoms with van der Waals surface area (Å²) in [6.07, 6.45) is 1.63. The summed E-state index contributed by atoms with van der Waals surface area (Å²) in [4.78, 5) is 14.6. The number of amides is 1. The van der Waals surface area contributed by atoms with E-state index in [0.29, 0.717) is 18.1 Å². The highest BCUT2D eigenvalue weighted by atomic mass is 35.5. The van der Waals surface area contributed by atoms with E-state index in [-0.39, 0.29) is 12.1 Å². The van der Waals surface area contributed by atoms with Crippen LogP contribution in [0.2, 0.25) is 5.02 Å². The number of nitriles is 1. The lowest BCUT2D eigenvalue weighted by molar-refractivity contribution is -0.117. The molecule has 0 aliphatic rings. The largest absolute Gasteiger partial charge is 0.367 e. The molecule has 0 aliphatic carbocycles. The van der Waals surface area contributed by atoms with Crippen LogP contribution in [-0.4, -0.2) is 10.8 Å². The highest BCUT2D eigenvalue weighted by Gasteiger charge is 2.13. The second-order valence-electron chi connectivity index (χ2n) is 6.80. The smallest absolute Gasteiger partial charge is 0.263 e. The molecule has 0 heterocycles. The van der Waals surface area contributed by atoms with Gasteiger partial charge in [0.2, 0.25) is 0 Å². The summed E-state index contributed by atoms with van der Waals surface area (Å²) >= 11 is 6.15. The van der Waals surface area contributed by atoms with Crippen molar-refractivity contribution in [2.24, 2.45) is 0 Å². The first-order valence-corrected chi connectivity index (χ1v) is 9.99. The fourth-order valence-electron chi connectivity index (χ4n) is 3.02. The van der Waals surface area contributed by atoms with Gasteiger partial charge in [-0.2, -0.15) is 5.26 Å². The molecule has 1 N–H and O–H groups in total. The molecule has 0 fully saturated rings. The van der Waals surface area contributed by atoms with Gasteiger partial charge < -0.3 is 10.2 Å². The lowest BCUT2D eigenvalue weighted by Crippen LogP contribution is -2.26. The SMILES string of the molecule is N#C/C(=C/N(Cc1ccccc1)Cc1ccccc1)C(=O)NCc1ccccc1Cl. The molecule has 3 aromatic carbocycles. The molecule has 30 heavy (non-hydrogen) atoms. The molecule has 0 bridgehead atoms. The molecule has 150 valence electrons. The Morgan fingerprint density at radius 3 is 1.97 bits per heavy atom. The fraction of sp³-hybridized carbons (Fsp3) is 0.120. The minimum atomic E-state index is -0.427. The molecule has 0 unspecified atom stereocenters. The minimum Gasteiger partial charge on any atom is -0.367 e. The van der Waals surface area contributed by atoms with Crippen molar-refractivity contribution in [3.05, 3.63) is 118 Å². The van der Waals surface area contributed by atoms with E-state index in [2.05, 4.69) is 5.32 Å². The van der Waals surface area contributed by atoms with Crippen LogP contribution in [0.3, 0.4) is 0 Å². The number of carbonyl (C=O) groups is 1. The summed E-state index contributed by atoms with van der Waals surface area (Å²) in [7, 11) is 0. The van der Waals surface area contributed by atoms with Gasteiger partial charge in [0.15, 0.2) is 0 Å². The lowest BCUT2D eigenvalue weighted by Gasteiger charge is -2.21. The van der Waals surface area contributed by atoms with Crippen molar-refractivity contribution >= 4 is 17.5 Å². The number of hydrogen-bond acceptors (Lipinski definition) is 3. The van der Waals surface area contributed by atoms with Crippen LogP contribution in [0.5, 0.6) is 0 Å². The first-order chi connectivity index (χ1) is 14.7. The molecule has 0 radical (unpaired) electrons. The summed E-state index contributed by atoms with van der Waals surface area (Å²) in [5, 5.41) is 13.0. The van der Waals surface area contributed by atoms with E-state index in [4.69, 9.17) is 11.6 Å². The predicted molar refractivity (Wildman–Crippen MR) is 119 cm³/mol. The lowest BCUT2D eigenvalue weighted by atomic mass is 10.1. The highest BCUT2D eigenvalue weighted by molar-refractivity contribution is 6.31. The fourth-order valence-corrected chi connectivity index (χ4v) is 3.22. The van der Waals surface area contributed by atoms with Crippen molar-refractivity contribution in [1.29, 1.82) is 5.26 Å². The van der Waals surface area contributed by atoms with E-state index in [1.165, 1.54) is 0 Å². The van der Waals surface area contributed by atoms with Gasteiger partial charge in [-0.15, -0.1) is 0 Å². The molecule has 0 spiro atoms. The quantitative estimate of drug-likeness (QED) is 0.413. The van der Waals surface area contributed by atoms with Gasteiger partial charge in [0.1, 0.15) is 11.6 Å². The highest BCUT2D eigenvalue weighted by Crippen LogP contribution is 2.15. The third-order valence-electron chi connectivity index (χ3n) is 4.53. The van der Waals surface area contributed by atoms with E-state index in [9.17, 15) is 10.1 Å². The van der Waals surface area contributed by atoms with Crippen LogP contribution in [0.1, 0.15) is 16.7 Å². The zero-order valence-electron chi connectivity index (χ0n) is 16.5. The molecule has 3 rings (SSSR count). The van der Waals surface area contributed by atoms with Crippen molar-refractivity contribution in [1.82, 2.24) is 10.2 Å². The average Bonchev–Trinajstić information content (AvgIpc) is 2.78. The Morgan fingerprint density at radius 2 is 1.43 bits per heavy atom. The van der Waals surface area contributed by atoms with Crippen molar-refractivity contribution < 1.29 is 4.79 Å². The molecule has 4 nitrogen and oxygen atoms in total. The molecule has 0 atom stereocenters. The van der Waals surface area contributed by atoms with Crippen LogP contribution in [0.25, 0.3) is 0 Å². The number of carbonyl (C=O) groups excluding carboxylic acids is 1. The Kier molecular flexibility index (Phi) is 7.65. The van der Waals surface area contributed by atoms with Gasteiger partial charge >= 0.3 is 0 Å². The Labute approximate surface area is 182 Å². The Hall–Kier alpha value is -3.55. The predicted octanol–water partition coefficient (Wildman–Crippen LogP) is 5.07. The third-order valence-corrected chi connectivity index (χ3v) is 4.90. The number of rotatable bonds is 8. The van der Waals surface area contributed by atoms with Crippen LogP contribution < -0.4 is 5.32 Å². The summed E-state index contributed by atoms with van der Waals surface area (Å²) in [5.41, 5.74) is 3.04. The van der Waals surface area contributed by atoms with Gasteiger partial charge in [0.25, 0.3) is 5.91 Å². The summed E-state index contributed by atoms with van der Waals surface area (Å²) in [6.45, 7) is 1.42. The maximum atomic E-state index is 12.6. The Bertz CT molecular complexity index is 1000. The Balaban J connectivity index is 1.76. The van der Waals surface area contributed by atoms with Gasteiger partial charge in [0, 0.05) is 30.9 Å². The minimum absolute atomic E-state index is 0.0499. The van der Waals surface area contributed by atoms with Crippen molar-refractivity contribution in [3.63, 3.8) is 0 Å². The molecule has 0 saturated heterocycles. The second kappa shape index (κ2) is 10.8. The summed E-state index contributed by atoms with van der Waals surface area (Å²) < 4.78 is 0. The van der Waals surface area contributed by atoms with Crippen LogP contribution in [0.4, 0.5) is 0 Å². The number of benzene rings is 3. The van der Waals surface area contributed by atoms with Crippen molar-refractivity contribution in [2.75, 3.05) is 0 Å². The monoisotopic (exact) mass is 415 g/mol. The van der Waals surface area contributed by atoms with Crippen molar-refractivity contribution in [3.8, 4) is 6.07 Å². The number of halogens is 1. The maximum absolute atomic E-state index is 12.6.